The fourth-order valence-electron chi connectivity index (χ4n) is 2.65. The molecule has 1 heterocycles. The molecule has 1 saturated heterocycles. The van der Waals surface area contributed by atoms with Crippen LogP contribution < -0.4 is 0 Å². The third-order valence-electron chi connectivity index (χ3n) is 4.41. The lowest BCUT2D eigenvalue weighted by molar-refractivity contribution is -0.121. The third kappa shape index (κ3) is 2.74. The van der Waals surface area contributed by atoms with E-state index in [2.05, 4.69) is 27.7 Å². The molecule has 1 unspecified atom stereocenters. The third-order valence-corrected chi connectivity index (χ3v) is 4.41. The van der Waals surface area contributed by atoms with Crippen molar-refractivity contribution in [2.45, 2.75) is 70.9 Å². The first kappa shape index (κ1) is 13.1. The van der Waals surface area contributed by atoms with Gasteiger partial charge in [0.1, 0.15) is 5.78 Å². The van der Waals surface area contributed by atoms with Gasteiger partial charge in [0.2, 0.25) is 0 Å². The summed E-state index contributed by atoms with van der Waals surface area (Å²) in [6, 6.07) is 0. The standard InChI is InChI=1S/C13H23BO3/c1-12(2)13(3,4)17-14(16-12)9-10-6-5-7-11(15)8-10/h10H,5-9H2,1-4H3. The predicted octanol–water partition coefficient (Wildman–Crippen LogP) is 2.84. The van der Waals surface area contributed by atoms with Crippen LogP contribution in [0.5, 0.6) is 0 Å². The first-order valence-corrected chi connectivity index (χ1v) is 6.67. The van der Waals surface area contributed by atoms with Crippen molar-refractivity contribution in [3.8, 4) is 0 Å². The van der Waals surface area contributed by atoms with Gasteiger partial charge in [0.25, 0.3) is 0 Å². The van der Waals surface area contributed by atoms with Gasteiger partial charge < -0.3 is 9.31 Å². The van der Waals surface area contributed by atoms with Gasteiger partial charge in [-0.05, 0) is 46.4 Å². The second-order valence-corrected chi connectivity index (χ2v) is 6.42. The summed E-state index contributed by atoms with van der Waals surface area (Å²) in [5.74, 6) is 0.851. The van der Waals surface area contributed by atoms with Crippen LogP contribution in [0.3, 0.4) is 0 Å². The molecule has 0 amide bonds. The van der Waals surface area contributed by atoms with E-state index in [9.17, 15) is 4.79 Å². The number of ketones is 1. The molecule has 0 aromatic carbocycles. The lowest BCUT2D eigenvalue weighted by Gasteiger charge is -2.32. The Balaban J connectivity index is 1.91. The lowest BCUT2D eigenvalue weighted by Crippen LogP contribution is -2.41. The average molecular weight is 238 g/mol. The van der Waals surface area contributed by atoms with Crippen molar-refractivity contribution in [1.29, 1.82) is 0 Å². The summed E-state index contributed by atoms with van der Waals surface area (Å²) in [7, 11) is -0.143. The molecule has 2 rings (SSSR count). The zero-order valence-corrected chi connectivity index (χ0v) is 11.4. The highest BCUT2D eigenvalue weighted by molar-refractivity contribution is 6.45. The van der Waals surface area contributed by atoms with Gasteiger partial charge in [-0.25, -0.2) is 0 Å². The summed E-state index contributed by atoms with van der Waals surface area (Å²) in [5, 5.41) is 0. The molecule has 2 aliphatic rings. The number of carbonyl (C=O) groups excluding carboxylic acids is 1. The molecule has 1 aliphatic carbocycles. The Kier molecular flexibility index (Phi) is 3.39. The SMILES string of the molecule is CC1(C)OB(CC2CCCC(=O)C2)OC1(C)C. The van der Waals surface area contributed by atoms with Crippen LogP contribution in [-0.4, -0.2) is 24.1 Å². The normalized spacial score (nSPS) is 31.9. The van der Waals surface area contributed by atoms with E-state index in [1.54, 1.807) is 0 Å². The molecule has 0 aromatic rings. The monoisotopic (exact) mass is 238 g/mol. The van der Waals surface area contributed by atoms with Crippen LogP contribution in [0.4, 0.5) is 0 Å². The predicted molar refractivity (Wildman–Crippen MR) is 67.9 cm³/mol. The van der Waals surface area contributed by atoms with Gasteiger partial charge in [0, 0.05) is 12.8 Å². The molecule has 1 atom stereocenters. The molecule has 0 aromatic heterocycles. The summed E-state index contributed by atoms with van der Waals surface area (Å²) >= 11 is 0. The molecule has 96 valence electrons. The van der Waals surface area contributed by atoms with Gasteiger partial charge in [-0.3, -0.25) is 4.79 Å². The number of rotatable bonds is 2. The Hall–Kier alpha value is -0.345. The molecule has 3 nitrogen and oxygen atoms in total. The van der Waals surface area contributed by atoms with Crippen LogP contribution in [-0.2, 0) is 14.1 Å². The van der Waals surface area contributed by atoms with Crippen molar-refractivity contribution in [3.63, 3.8) is 0 Å². The molecule has 0 radical (unpaired) electrons. The van der Waals surface area contributed by atoms with Crippen LogP contribution >= 0.6 is 0 Å². The van der Waals surface area contributed by atoms with Crippen LogP contribution in [0, 0.1) is 5.92 Å². The maximum Gasteiger partial charge on any atom is 0.458 e. The van der Waals surface area contributed by atoms with Crippen LogP contribution in [0.1, 0.15) is 53.4 Å². The van der Waals surface area contributed by atoms with Gasteiger partial charge >= 0.3 is 7.12 Å². The van der Waals surface area contributed by atoms with Crippen LogP contribution in [0.15, 0.2) is 0 Å². The molecule has 0 N–H and O–H groups in total. The van der Waals surface area contributed by atoms with E-state index in [0.717, 1.165) is 25.6 Å². The molecular formula is C13H23BO3. The second kappa shape index (κ2) is 4.40. The summed E-state index contributed by atoms with van der Waals surface area (Å²) in [5.41, 5.74) is -0.507. The number of carbonyl (C=O) groups is 1. The first-order chi connectivity index (χ1) is 7.80. The maximum atomic E-state index is 11.4. The topological polar surface area (TPSA) is 35.5 Å². The Labute approximate surface area is 104 Å². The minimum absolute atomic E-state index is 0.143. The van der Waals surface area contributed by atoms with Crippen molar-refractivity contribution >= 4 is 12.9 Å². The molecule has 17 heavy (non-hydrogen) atoms. The number of hydrogen-bond acceptors (Lipinski definition) is 3. The largest absolute Gasteiger partial charge is 0.458 e. The van der Waals surface area contributed by atoms with Crippen molar-refractivity contribution in [2.75, 3.05) is 0 Å². The van der Waals surface area contributed by atoms with E-state index in [4.69, 9.17) is 9.31 Å². The Bertz CT molecular complexity index is 296. The van der Waals surface area contributed by atoms with Crippen LogP contribution in [0.2, 0.25) is 6.32 Å². The number of hydrogen-bond donors (Lipinski definition) is 0. The fourth-order valence-corrected chi connectivity index (χ4v) is 2.65. The lowest BCUT2D eigenvalue weighted by atomic mass is 9.72. The van der Waals surface area contributed by atoms with E-state index in [-0.39, 0.29) is 18.3 Å². The van der Waals surface area contributed by atoms with E-state index >= 15 is 0 Å². The van der Waals surface area contributed by atoms with Gasteiger partial charge in [-0.15, -0.1) is 0 Å². The zero-order chi connectivity index (χ0) is 12.7. The molecule has 0 spiro atoms. The smallest absolute Gasteiger partial charge is 0.403 e. The molecule has 1 saturated carbocycles. The highest BCUT2D eigenvalue weighted by atomic mass is 16.7. The Morgan fingerprint density at radius 2 is 1.82 bits per heavy atom. The van der Waals surface area contributed by atoms with Crippen molar-refractivity contribution < 1.29 is 14.1 Å². The summed E-state index contributed by atoms with van der Waals surface area (Å²) in [6.45, 7) is 8.27. The molecular weight excluding hydrogens is 215 g/mol. The zero-order valence-electron chi connectivity index (χ0n) is 11.4. The average Bonchev–Trinajstić information content (AvgIpc) is 2.34. The highest BCUT2D eigenvalue weighted by Gasteiger charge is 2.51. The van der Waals surface area contributed by atoms with Gasteiger partial charge in [0.15, 0.2) is 0 Å². The fraction of sp³-hybridized carbons (Fsp3) is 0.923. The minimum Gasteiger partial charge on any atom is -0.403 e. The summed E-state index contributed by atoms with van der Waals surface area (Å²) < 4.78 is 11.9. The Morgan fingerprint density at radius 1 is 1.24 bits per heavy atom. The second-order valence-electron chi connectivity index (χ2n) is 6.42. The quantitative estimate of drug-likeness (QED) is 0.694. The van der Waals surface area contributed by atoms with E-state index in [1.807, 2.05) is 0 Å². The van der Waals surface area contributed by atoms with Crippen molar-refractivity contribution in [3.05, 3.63) is 0 Å². The highest BCUT2D eigenvalue weighted by Crippen LogP contribution is 2.39. The van der Waals surface area contributed by atoms with E-state index < -0.39 is 0 Å². The molecule has 1 aliphatic heterocycles. The van der Waals surface area contributed by atoms with Crippen molar-refractivity contribution in [2.24, 2.45) is 5.92 Å². The number of Topliss-reactive ketones (excluding diaryl/α,β-unsaturated/α-hetero) is 1. The first-order valence-electron chi connectivity index (χ1n) is 6.67. The van der Waals surface area contributed by atoms with E-state index in [0.29, 0.717) is 18.1 Å². The molecule has 2 fully saturated rings. The van der Waals surface area contributed by atoms with Gasteiger partial charge in [-0.2, -0.15) is 0 Å². The molecule has 4 heteroatoms. The van der Waals surface area contributed by atoms with Crippen molar-refractivity contribution in [1.82, 2.24) is 0 Å². The van der Waals surface area contributed by atoms with Gasteiger partial charge in [0.05, 0.1) is 11.2 Å². The Morgan fingerprint density at radius 3 is 2.35 bits per heavy atom. The summed E-state index contributed by atoms with van der Waals surface area (Å²) in [6.07, 6.45) is 4.50. The minimum atomic E-state index is -0.254. The maximum absolute atomic E-state index is 11.4. The van der Waals surface area contributed by atoms with Gasteiger partial charge in [-0.1, -0.05) is 6.42 Å². The van der Waals surface area contributed by atoms with Crippen LogP contribution in [0.25, 0.3) is 0 Å². The molecule has 0 bridgehead atoms. The summed E-state index contributed by atoms with van der Waals surface area (Å²) in [4.78, 5) is 11.4. The van der Waals surface area contributed by atoms with E-state index in [1.165, 1.54) is 0 Å².